The van der Waals surface area contributed by atoms with Gasteiger partial charge >= 0.3 is 0 Å². The molecule has 2 aliphatic rings. The summed E-state index contributed by atoms with van der Waals surface area (Å²) in [5, 5.41) is 10.5. The molecule has 0 spiro atoms. The third kappa shape index (κ3) is 3.52. The first-order valence-corrected chi connectivity index (χ1v) is 10.3. The molecule has 2 aromatic heterocycles. The molecule has 2 fully saturated rings. The van der Waals surface area contributed by atoms with Crippen molar-refractivity contribution in [3.05, 3.63) is 60.0 Å². The Morgan fingerprint density at radius 3 is 2.69 bits per heavy atom. The van der Waals surface area contributed by atoms with Gasteiger partial charge < -0.3 is 14.6 Å². The number of amides is 1. The van der Waals surface area contributed by atoms with E-state index in [0.717, 1.165) is 18.7 Å². The number of pyridine rings is 1. The Bertz CT molecular complexity index is 1010. The molecule has 0 saturated carbocycles. The predicted molar refractivity (Wildman–Crippen MR) is 110 cm³/mol. The van der Waals surface area contributed by atoms with Crippen LogP contribution in [-0.4, -0.2) is 73.7 Å². The van der Waals surface area contributed by atoms with Gasteiger partial charge in [-0.15, -0.1) is 0 Å². The quantitative estimate of drug-likeness (QED) is 0.734. The number of aliphatic hydroxyl groups excluding tert-OH is 1. The second-order valence-electron chi connectivity index (χ2n) is 8.01. The monoisotopic (exact) mass is 391 g/mol. The van der Waals surface area contributed by atoms with E-state index in [0.29, 0.717) is 30.7 Å². The zero-order valence-corrected chi connectivity index (χ0v) is 16.3. The Balaban J connectivity index is 1.33. The van der Waals surface area contributed by atoms with Crippen molar-refractivity contribution in [2.75, 3.05) is 26.2 Å². The van der Waals surface area contributed by atoms with Crippen LogP contribution in [0.4, 0.5) is 0 Å². The number of hydrogen-bond acceptors (Lipinski definition) is 5. The van der Waals surface area contributed by atoms with Gasteiger partial charge in [0.1, 0.15) is 5.52 Å². The molecule has 4 heterocycles. The van der Waals surface area contributed by atoms with Crippen molar-refractivity contribution in [2.24, 2.45) is 0 Å². The number of likely N-dealkylation sites (tertiary alicyclic amines) is 2. The van der Waals surface area contributed by atoms with Crippen LogP contribution in [0.25, 0.3) is 11.2 Å². The highest BCUT2D eigenvalue weighted by Gasteiger charge is 2.38. The molecule has 7 nitrogen and oxygen atoms in total. The third-order valence-electron chi connectivity index (χ3n) is 6.05. The Morgan fingerprint density at radius 2 is 1.90 bits per heavy atom. The van der Waals surface area contributed by atoms with Gasteiger partial charge in [-0.3, -0.25) is 9.69 Å². The van der Waals surface area contributed by atoms with Gasteiger partial charge in [0.25, 0.3) is 5.91 Å². The molecule has 2 atom stereocenters. The summed E-state index contributed by atoms with van der Waals surface area (Å²) in [5.74, 6) is -0.0854. The van der Waals surface area contributed by atoms with Gasteiger partial charge in [0, 0.05) is 19.3 Å². The smallest absolute Gasteiger partial charge is 0.255 e. The van der Waals surface area contributed by atoms with E-state index in [1.165, 1.54) is 18.4 Å². The van der Waals surface area contributed by atoms with Crippen molar-refractivity contribution < 1.29 is 9.90 Å². The fourth-order valence-electron chi connectivity index (χ4n) is 4.51. The summed E-state index contributed by atoms with van der Waals surface area (Å²) in [5.41, 5.74) is 3.17. The highest BCUT2D eigenvalue weighted by Crippen LogP contribution is 2.23. The standard InChI is InChI=1S/C22H25N5O2/c28-20-14-26(13-19(20)25-8-4-5-9-25)22(29)17-10-18-21(23-11-17)27(15-24-18)12-16-6-2-1-3-7-16/h1-3,6-7,10-11,15,19-20,28H,4-5,8-9,12-14H2/t19-,20-/m0/s1. The van der Waals surface area contributed by atoms with E-state index >= 15 is 0 Å². The Morgan fingerprint density at radius 1 is 1.10 bits per heavy atom. The van der Waals surface area contributed by atoms with E-state index in [2.05, 4.69) is 27.0 Å². The fourth-order valence-corrected chi connectivity index (χ4v) is 4.51. The van der Waals surface area contributed by atoms with Gasteiger partial charge in [0.05, 0.1) is 30.6 Å². The van der Waals surface area contributed by atoms with Crippen molar-refractivity contribution >= 4 is 17.1 Å². The van der Waals surface area contributed by atoms with Crippen molar-refractivity contribution in [1.82, 2.24) is 24.3 Å². The van der Waals surface area contributed by atoms with Crippen LogP contribution in [0.2, 0.25) is 0 Å². The zero-order valence-electron chi connectivity index (χ0n) is 16.3. The number of aromatic nitrogens is 3. The Labute approximate surface area is 169 Å². The average Bonchev–Trinajstić information content (AvgIpc) is 3.48. The normalized spacial score (nSPS) is 22.6. The molecule has 7 heteroatoms. The largest absolute Gasteiger partial charge is 0.390 e. The number of nitrogens with zero attached hydrogens (tertiary/aromatic N) is 5. The van der Waals surface area contributed by atoms with Gasteiger partial charge in [-0.25, -0.2) is 9.97 Å². The molecule has 2 aliphatic heterocycles. The third-order valence-corrected chi connectivity index (χ3v) is 6.05. The highest BCUT2D eigenvalue weighted by molar-refractivity contribution is 5.96. The lowest BCUT2D eigenvalue weighted by Gasteiger charge is -2.25. The second kappa shape index (κ2) is 7.57. The first-order valence-electron chi connectivity index (χ1n) is 10.3. The number of hydrogen-bond donors (Lipinski definition) is 1. The first-order chi connectivity index (χ1) is 14.2. The van der Waals surface area contributed by atoms with Crippen LogP contribution in [0.1, 0.15) is 28.8 Å². The maximum absolute atomic E-state index is 13.0. The van der Waals surface area contributed by atoms with Crippen LogP contribution in [0.3, 0.4) is 0 Å². The highest BCUT2D eigenvalue weighted by atomic mass is 16.3. The molecule has 1 aromatic carbocycles. The number of aliphatic hydroxyl groups is 1. The van der Waals surface area contributed by atoms with Crippen LogP contribution >= 0.6 is 0 Å². The van der Waals surface area contributed by atoms with Crippen LogP contribution in [0, 0.1) is 0 Å². The minimum Gasteiger partial charge on any atom is -0.390 e. The zero-order chi connectivity index (χ0) is 19.8. The number of carbonyl (C=O) groups excluding carboxylic acids is 1. The van der Waals surface area contributed by atoms with E-state index in [1.54, 1.807) is 17.4 Å². The average molecular weight is 391 g/mol. The minimum atomic E-state index is -0.487. The lowest BCUT2D eigenvalue weighted by Crippen LogP contribution is -2.41. The van der Waals surface area contributed by atoms with Gasteiger partial charge in [-0.2, -0.15) is 0 Å². The number of fused-ring (bicyclic) bond motifs is 1. The van der Waals surface area contributed by atoms with E-state index in [4.69, 9.17) is 0 Å². The fraction of sp³-hybridized carbons (Fsp3) is 0.409. The van der Waals surface area contributed by atoms with Gasteiger partial charge in [-0.1, -0.05) is 30.3 Å². The molecule has 0 bridgehead atoms. The maximum Gasteiger partial charge on any atom is 0.255 e. The number of imidazole rings is 1. The van der Waals surface area contributed by atoms with Crippen LogP contribution in [0.15, 0.2) is 48.9 Å². The van der Waals surface area contributed by atoms with Crippen molar-refractivity contribution in [1.29, 1.82) is 0 Å². The van der Waals surface area contributed by atoms with Crippen LogP contribution < -0.4 is 0 Å². The molecule has 0 unspecified atom stereocenters. The molecule has 0 aliphatic carbocycles. The van der Waals surface area contributed by atoms with E-state index in [1.807, 2.05) is 28.8 Å². The molecule has 0 radical (unpaired) electrons. The Kier molecular flexibility index (Phi) is 4.77. The molecule has 2 saturated heterocycles. The summed E-state index contributed by atoms with van der Waals surface area (Å²) in [6.45, 7) is 3.65. The molecule has 5 rings (SSSR count). The lowest BCUT2D eigenvalue weighted by atomic mass is 10.2. The summed E-state index contributed by atoms with van der Waals surface area (Å²) in [6, 6.07) is 12.0. The summed E-state index contributed by atoms with van der Waals surface area (Å²) < 4.78 is 1.99. The molecule has 1 amide bonds. The number of β-amino-alcohol motifs (C(OH)–C–C–N with tert-alkyl or cyclic N) is 1. The molecular weight excluding hydrogens is 366 g/mol. The number of rotatable bonds is 4. The van der Waals surface area contributed by atoms with Crippen molar-refractivity contribution in [3.8, 4) is 0 Å². The van der Waals surface area contributed by atoms with Gasteiger partial charge in [-0.05, 0) is 37.6 Å². The summed E-state index contributed by atoms with van der Waals surface area (Å²) in [4.78, 5) is 26.0. The van der Waals surface area contributed by atoms with Crippen LogP contribution in [0.5, 0.6) is 0 Å². The predicted octanol–water partition coefficient (Wildman–Crippen LogP) is 1.76. The summed E-state index contributed by atoms with van der Waals surface area (Å²) in [7, 11) is 0. The molecule has 3 aromatic rings. The van der Waals surface area contributed by atoms with Crippen LogP contribution in [-0.2, 0) is 6.54 Å². The molecule has 1 N–H and O–H groups in total. The Hall–Kier alpha value is -2.77. The van der Waals surface area contributed by atoms with Crippen molar-refractivity contribution in [2.45, 2.75) is 31.5 Å². The van der Waals surface area contributed by atoms with E-state index in [-0.39, 0.29) is 11.9 Å². The van der Waals surface area contributed by atoms with E-state index in [9.17, 15) is 9.90 Å². The first kappa shape index (κ1) is 18.3. The second-order valence-corrected chi connectivity index (χ2v) is 8.01. The van der Waals surface area contributed by atoms with Gasteiger partial charge in [0.15, 0.2) is 5.65 Å². The molecule has 29 heavy (non-hydrogen) atoms. The minimum absolute atomic E-state index is 0.0446. The number of benzene rings is 1. The van der Waals surface area contributed by atoms with E-state index < -0.39 is 6.10 Å². The molecule has 150 valence electrons. The lowest BCUT2D eigenvalue weighted by molar-refractivity contribution is 0.0763. The maximum atomic E-state index is 13.0. The SMILES string of the molecule is O=C(c1cnc2c(c1)ncn2Cc1ccccc1)N1C[C@H](O)[C@@H](N2CCCC2)C1. The summed E-state index contributed by atoms with van der Waals surface area (Å²) in [6.07, 6.45) is 5.25. The molecular formula is C22H25N5O2. The van der Waals surface area contributed by atoms with Gasteiger partial charge in [0.2, 0.25) is 0 Å². The topological polar surface area (TPSA) is 74.5 Å². The number of carbonyl (C=O) groups is 1. The summed E-state index contributed by atoms with van der Waals surface area (Å²) >= 11 is 0. The van der Waals surface area contributed by atoms with Crippen molar-refractivity contribution in [3.63, 3.8) is 0 Å².